The molecule has 6 rings (SSSR count). The van der Waals surface area contributed by atoms with Crippen molar-refractivity contribution in [2.75, 3.05) is 0 Å². The van der Waals surface area contributed by atoms with Gasteiger partial charge in [-0.2, -0.15) is 0 Å². The monoisotopic (exact) mass is 494 g/mol. The number of hydrogen-bond donors (Lipinski definition) is 1. The summed E-state index contributed by atoms with van der Waals surface area (Å²) in [5.74, 6) is 2.01. The number of fused-ring (bicyclic) bond motifs is 5. The largest absolute Gasteiger partial charge is 0.329 e. The van der Waals surface area contributed by atoms with Crippen LogP contribution in [0.5, 0.6) is 0 Å². The van der Waals surface area contributed by atoms with Crippen molar-refractivity contribution < 1.29 is 9.59 Å². The van der Waals surface area contributed by atoms with E-state index in [1.54, 1.807) is 4.90 Å². The van der Waals surface area contributed by atoms with E-state index >= 15 is 0 Å². The van der Waals surface area contributed by atoms with Crippen molar-refractivity contribution in [2.45, 2.75) is 96.4 Å². The van der Waals surface area contributed by atoms with E-state index in [0.717, 1.165) is 55.7 Å². The summed E-state index contributed by atoms with van der Waals surface area (Å²) in [4.78, 5) is 28.8. The van der Waals surface area contributed by atoms with Crippen LogP contribution in [0.2, 0.25) is 5.02 Å². The first-order chi connectivity index (χ1) is 16.8. The lowest BCUT2D eigenvalue weighted by Gasteiger charge is -2.57. The number of nitrogens with one attached hydrogen (secondary N) is 1. The minimum Gasteiger partial charge on any atom is -0.328 e. The first-order valence-corrected chi connectivity index (χ1v) is 14.3. The minimum absolute atomic E-state index is 0.0459. The van der Waals surface area contributed by atoms with Gasteiger partial charge in [-0.3, -0.25) is 4.79 Å². The Kier molecular flexibility index (Phi) is 5.63. The molecule has 0 radical (unpaired) electrons. The van der Waals surface area contributed by atoms with Crippen LogP contribution in [0, 0.1) is 28.6 Å². The third-order valence-electron chi connectivity index (χ3n) is 11.0. The molecule has 4 fully saturated rings. The Morgan fingerprint density at radius 1 is 0.971 bits per heavy atom. The maximum absolute atomic E-state index is 13.9. The number of urea groups is 1. The van der Waals surface area contributed by atoms with Crippen molar-refractivity contribution in [1.29, 1.82) is 0 Å². The van der Waals surface area contributed by atoms with Crippen LogP contribution in [0.3, 0.4) is 0 Å². The summed E-state index contributed by atoms with van der Waals surface area (Å²) in [5.41, 5.74) is 2.05. The van der Waals surface area contributed by atoms with Gasteiger partial charge in [0.05, 0.1) is 5.54 Å². The molecule has 0 unspecified atom stereocenters. The molecule has 3 amide bonds. The number of allylic oxidation sites excluding steroid dienone is 2. The second-order valence-electron chi connectivity index (χ2n) is 12.7. The molecule has 0 spiro atoms. The second kappa shape index (κ2) is 8.36. The van der Waals surface area contributed by atoms with Crippen molar-refractivity contribution in [3.8, 4) is 0 Å². The lowest BCUT2D eigenvalue weighted by molar-refractivity contribution is -0.133. The summed E-state index contributed by atoms with van der Waals surface area (Å²) >= 11 is 6.15. The standard InChI is InChI=1S/C30H39ClN2O2/c1-28-15-5-6-23(28)22-11-12-25-29(2,24(22)13-18-28)19-14-26(34)33(25)27(35)32-30(16-3-4-17-30)20-7-9-21(31)10-8-20/h7-10,12,22-24H,3-6,11,13-19H2,1-2H3,(H,32,35)/t22-,23-,24-,28-,29+/m0/s1. The van der Waals surface area contributed by atoms with Gasteiger partial charge in [0.1, 0.15) is 0 Å². The zero-order valence-electron chi connectivity index (χ0n) is 21.2. The number of carbonyl (C=O) groups is 2. The molecule has 1 aromatic carbocycles. The zero-order chi connectivity index (χ0) is 24.4. The zero-order valence-corrected chi connectivity index (χ0v) is 22.0. The fraction of sp³-hybridized carbons (Fsp3) is 0.667. The van der Waals surface area contributed by atoms with Gasteiger partial charge in [-0.25, -0.2) is 9.69 Å². The molecule has 188 valence electrons. The number of halogens is 1. The third-order valence-corrected chi connectivity index (χ3v) is 11.2. The fourth-order valence-electron chi connectivity index (χ4n) is 9.06. The molecule has 1 saturated heterocycles. The van der Waals surface area contributed by atoms with Crippen molar-refractivity contribution in [3.63, 3.8) is 0 Å². The molecule has 3 saturated carbocycles. The van der Waals surface area contributed by atoms with Crippen LogP contribution < -0.4 is 5.32 Å². The number of rotatable bonds is 2. The molecule has 1 aromatic rings. The number of likely N-dealkylation sites (tertiary alicyclic amines) is 1. The van der Waals surface area contributed by atoms with E-state index in [-0.39, 0.29) is 17.4 Å². The summed E-state index contributed by atoms with van der Waals surface area (Å²) in [5, 5.41) is 4.07. The molecule has 0 aromatic heterocycles. The fourth-order valence-corrected chi connectivity index (χ4v) is 9.19. The van der Waals surface area contributed by atoms with E-state index in [9.17, 15) is 9.59 Å². The predicted octanol–water partition coefficient (Wildman–Crippen LogP) is 7.57. The average Bonchev–Trinajstić information content (AvgIpc) is 3.47. The van der Waals surface area contributed by atoms with E-state index in [2.05, 4.69) is 25.2 Å². The molecule has 5 atom stereocenters. The van der Waals surface area contributed by atoms with Gasteiger partial charge in [-0.15, -0.1) is 0 Å². The highest BCUT2D eigenvalue weighted by atomic mass is 35.5. The van der Waals surface area contributed by atoms with Gasteiger partial charge in [0.15, 0.2) is 0 Å². The summed E-state index contributed by atoms with van der Waals surface area (Å²) in [6.45, 7) is 4.87. The second-order valence-corrected chi connectivity index (χ2v) is 13.1. The van der Waals surface area contributed by atoms with Crippen LogP contribution in [0.25, 0.3) is 0 Å². The minimum atomic E-state index is -0.427. The number of benzene rings is 1. The Morgan fingerprint density at radius 3 is 2.46 bits per heavy atom. The molecular formula is C30H39ClN2O2. The molecule has 1 heterocycles. The number of nitrogens with zero attached hydrogens (tertiary/aromatic N) is 1. The number of amides is 3. The molecule has 1 aliphatic heterocycles. The quantitative estimate of drug-likeness (QED) is 0.461. The van der Waals surface area contributed by atoms with Crippen molar-refractivity contribution >= 4 is 23.5 Å². The van der Waals surface area contributed by atoms with Crippen molar-refractivity contribution in [1.82, 2.24) is 10.2 Å². The number of hydrogen-bond acceptors (Lipinski definition) is 2. The molecule has 0 bridgehead atoms. The topological polar surface area (TPSA) is 49.4 Å². The van der Waals surface area contributed by atoms with E-state index in [1.807, 2.05) is 24.3 Å². The maximum Gasteiger partial charge on any atom is 0.329 e. The first-order valence-electron chi connectivity index (χ1n) is 13.9. The van der Waals surface area contributed by atoms with E-state index < -0.39 is 5.54 Å². The molecular weight excluding hydrogens is 456 g/mol. The van der Waals surface area contributed by atoms with Crippen LogP contribution in [-0.2, 0) is 10.3 Å². The molecule has 4 nitrogen and oxygen atoms in total. The summed E-state index contributed by atoms with van der Waals surface area (Å²) in [7, 11) is 0. The Hall–Kier alpha value is -1.81. The SMILES string of the molecule is C[C@@]12CCC[C@H]1[C@@H]1CC=C3N(C(=O)NC4(c5ccc(Cl)cc5)CCCC4)C(=O)CC[C@]3(C)[C@H]1CC2. The van der Waals surface area contributed by atoms with Crippen LogP contribution in [-0.4, -0.2) is 16.8 Å². The van der Waals surface area contributed by atoms with E-state index in [1.165, 1.54) is 32.1 Å². The Labute approximate surface area is 214 Å². The number of imide groups is 1. The molecule has 35 heavy (non-hydrogen) atoms. The van der Waals surface area contributed by atoms with Crippen LogP contribution >= 0.6 is 11.6 Å². The molecule has 5 heteroatoms. The van der Waals surface area contributed by atoms with Gasteiger partial charge in [-0.1, -0.05) is 62.9 Å². The van der Waals surface area contributed by atoms with Crippen molar-refractivity contribution in [3.05, 3.63) is 46.6 Å². The van der Waals surface area contributed by atoms with Crippen LogP contribution in [0.4, 0.5) is 4.79 Å². The maximum atomic E-state index is 13.9. The Morgan fingerprint density at radius 2 is 1.71 bits per heavy atom. The summed E-state index contributed by atoms with van der Waals surface area (Å²) in [6, 6.07) is 7.62. The van der Waals surface area contributed by atoms with Gasteiger partial charge in [0, 0.05) is 22.6 Å². The highest BCUT2D eigenvalue weighted by molar-refractivity contribution is 6.30. The van der Waals surface area contributed by atoms with Crippen LogP contribution in [0.15, 0.2) is 36.0 Å². The average molecular weight is 495 g/mol. The molecule has 1 N–H and O–H groups in total. The number of piperidine rings is 1. The smallest absolute Gasteiger partial charge is 0.328 e. The summed E-state index contributed by atoms with van der Waals surface area (Å²) in [6.07, 6.45) is 15.1. The third kappa shape index (κ3) is 3.61. The Bertz CT molecular complexity index is 1060. The highest BCUT2D eigenvalue weighted by Crippen LogP contribution is 2.64. The van der Waals surface area contributed by atoms with E-state index in [0.29, 0.717) is 28.7 Å². The Balaban J connectivity index is 1.31. The lowest BCUT2D eigenvalue weighted by atomic mass is 9.50. The lowest BCUT2D eigenvalue weighted by Crippen LogP contribution is -2.58. The number of carbonyl (C=O) groups excluding carboxylic acids is 2. The van der Waals surface area contributed by atoms with Crippen LogP contribution in [0.1, 0.15) is 96.5 Å². The predicted molar refractivity (Wildman–Crippen MR) is 139 cm³/mol. The van der Waals surface area contributed by atoms with Gasteiger partial charge < -0.3 is 5.32 Å². The van der Waals surface area contributed by atoms with Gasteiger partial charge in [0.25, 0.3) is 0 Å². The van der Waals surface area contributed by atoms with Gasteiger partial charge in [0.2, 0.25) is 5.91 Å². The normalized spacial score (nSPS) is 37.8. The van der Waals surface area contributed by atoms with Gasteiger partial charge in [-0.05, 0) is 92.2 Å². The van der Waals surface area contributed by atoms with Crippen molar-refractivity contribution in [2.24, 2.45) is 28.6 Å². The molecule has 5 aliphatic rings. The van der Waals surface area contributed by atoms with Gasteiger partial charge >= 0.3 is 6.03 Å². The summed E-state index contributed by atoms with van der Waals surface area (Å²) < 4.78 is 0. The molecule has 4 aliphatic carbocycles. The highest BCUT2D eigenvalue weighted by Gasteiger charge is 2.58. The first kappa shape index (κ1) is 23.6. The van der Waals surface area contributed by atoms with E-state index in [4.69, 9.17) is 11.6 Å².